The maximum Gasteiger partial charge on any atom is 0.253 e. The van der Waals surface area contributed by atoms with Gasteiger partial charge in [-0.15, -0.1) is 0 Å². The van der Waals surface area contributed by atoms with Crippen LogP contribution in [0, 0.1) is 5.82 Å². The molecule has 1 saturated heterocycles. The van der Waals surface area contributed by atoms with Crippen LogP contribution in [0.2, 0.25) is 0 Å². The Kier molecular flexibility index (Phi) is 5.19. The van der Waals surface area contributed by atoms with Gasteiger partial charge in [-0.05, 0) is 43.7 Å². The van der Waals surface area contributed by atoms with Gasteiger partial charge in [0.05, 0.1) is 5.56 Å². The molecule has 2 aromatic rings. The third kappa shape index (κ3) is 4.28. The maximum atomic E-state index is 13.8. The van der Waals surface area contributed by atoms with E-state index in [1.165, 1.54) is 24.3 Å². The largest absolute Gasteiger partial charge is 0.508 e. The van der Waals surface area contributed by atoms with Gasteiger partial charge in [0.1, 0.15) is 11.6 Å². The molecule has 1 heterocycles. The summed E-state index contributed by atoms with van der Waals surface area (Å²) in [5, 5.41) is 12.5. The second kappa shape index (κ2) is 7.53. The fraction of sp³-hybridized carbons (Fsp3) is 0.316. The summed E-state index contributed by atoms with van der Waals surface area (Å²) in [5.74, 6) is -0.503. The number of hydrogen-bond acceptors (Lipinski definition) is 4. The molecule has 0 spiro atoms. The lowest BCUT2D eigenvalue weighted by molar-refractivity contribution is 0.0900. The first-order chi connectivity index (χ1) is 12.0. The van der Waals surface area contributed by atoms with E-state index >= 15 is 0 Å². The van der Waals surface area contributed by atoms with Gasteiger partial charge in [0.2, 0.25) is 0 Å². The Morgan fingerprint density at radius 2 is 2.12 bits per heavy atom. The van der Waals surface area contributed by atoms with Crippen molar-refractivity contribution in [3.05, 3.63) is 59.4 Å². The van der Waals surface area contributed by atoms with Crippen molar-refractivity contribution in [1.82, 2.24) is 10.2 Å². The van der Waals surface area contributed by atoms with E-state index in [1.807, 2.05) is 6.07 Å². The quantitative estimate of drug-likeness (QED) is 0.589. The Morgan fingerprint density at radius 1 is 1.32 bits per heavy atom. The summed E-state index contributed by atoms with van der Waals surface area (Å²) < 4.78 is 13.8. The zero-order valence-electron chi connectivity index (χ0n) is 13.9. The highest BCUT2D eigenvalue weighted by molar-refractivity contribution is 5.99. The average molecular weight is 343 g/mol. The fourth-order valence-corrected chi connectivity index (χ4v) is 3.19. The van der Waals surface area contributed by atoms with Crippen LogP contribution in [0.25, 0.3) is 0 Å². The molecule has 5 nitrogen and oxygen atoms in total. The lowest BCUT2D eigenvalue weighted by Gasteiger charge is -2.33. The standard InChI is InChI=1S/C19H22FN3O2/c20-17-6-2-1-4-13(17)11-23-9-3-5-14(12-23)22-19(25)16-10-15(24)7-8-18(16)21/h1-2,4,6-8,10,14,24H,3,5,9,11-12,21H2,(H,22,25)/t14-/m1/s1. The normalized spacial score (nSPS) is 18.0. The van der Waals surface area contributed by atoms with E-state index in [0.717, 1.165) is 19.4 Å². The first-order valence-corrected chi connectivity index (χ1v) is 8.38. The molecule has 1 aliphatic heterocycles. The van der Waals surface area contributed by atoms with Crippen molar-refractivity contribution in [2.75, 3.05) is 18.8 Å². The number of nitrogen functional groups attached to an aromatic ring is 1. The Hall–Kier alpha value is -2.60. The van der Waals surface area contributed by atoms with Gasteiger partial charge in [-0.2, -0.15) is 0 Å². The number of hydrogen-bond donors (Lipinski definition) is 3. The Balaban J connectivity index is 1.62. The van der Waals surface area contributed by atoms with Crippen molar-refractivity contribution in [1.29, 1.82) is 0 Å². The third-order valence-electron chi connectivity index (χ3n) is 4.47. The second-order valence-electron chi connectivity index (χ2n) is 6.41. The number of likely N-dealkylation sites (tertiary alicyclic amines) is 1. The summed E-state index contributed by atoms with van der Waals surface area (Å²) in [6.07, 6.45) is 1.78. The topological polar surface area (TPSA) is 78.6 Å². The van der Waals surface area contributed by atoms with Crippen molar-refractivity contribution in [3.8, 4) is 5.75 Å². The van der Waals surface area contributed by atoms with Gasteiger partial charge in [-0.1, -0.05) is 18.2 Å². The molecule has 0 unspecified atom stereocenters. The molecular weight excluding hydrogens is 321 g/mol. The smallest absolute Gasteiger partial charge is 0.253 e. The van der Waals surface area contributed by atoms with Gasteiger partial charge in [-0.25, -0.2) is 4.39 Å². The first-order valence-electron chi connectivity index (χ1n) is 8.38. The molecule has 0 aromatic heterocycles. The van der Waals surface area contributed by atoms with Gasteiger partial charge in [-0.3, -0.25) is 9.69 Å². The molecule has 4 N–H and O–H groups in total. The van der Waals surface area contributed by atoms with Gasteiger partial charge in [0.15, 0.2) is 0 Å². The van der Waals surface area contributed by atoms with E-state index in [-0.39, 0.29) is 29.1 Å². The number of piperidine rings is 1. The van der Waals surface area contributed by atoms with Crippen LogP contribution >= 0.6 is 0 Å². The lowest BCUT2D eigenvalue weighted by atomic mass is 10.0. The summed E-state index contributed by atoms with van der Waals surface area (Å²) in [7, 11) is 0. The highest BCUT2D eigenvalue weighted by Gasteiger charge is 2.23. The van der Waals surface area contributed by atoms with Crippen molar-refractivity contribution in [2.24, 2.45) is 0 Å². The number of aromatic hydroxyl groups is 1. The molecule has 1 aliphatic rings. The van der Waals surface area contributed by atoms with E-state index in [2.05, 4.69) is 10.2 Å². The number of phenols is 1. The van der Waals surface area contributed by atoms with E-state index in [0.29, 0.717) is 24.3 Å². The summed E-state index contributed by atoms with van der Waals surface area (Å²) in [6, 6.07) is 11.0. The Morgan fingerprint density at radius 3 is 2.92 bits per heavy atom. The van der Waals surface area contributed by atoms with E-state index in [4.69, 9.17) is 5.73 Å². The van der Waals surface area contributed by atoms with E-state index in [1.54, 1.807) is 12.1 Å². The van der Waals surface area contributed by atoms with Crippen LogP contribution in [0.4, 0.5) is 10.1 Å². The molecule has 0 radical (unpaired) electrons. The van der Waals surface area contributed by atoms with Crippen LogP contribution in [0.1, 0.15) is 28.8 Å². The number of nitrogens with one attached hydrogen (secondary N) is 1. The van der Waals surface area contributed by atoms with Crippen LogP contribution in [0.15, 0.2) is 42.5 Å². The van der Waals surface area contributed by atoms with Gasteiger partial charge < -0.3 is 16.2 Å². The summed E-state index contributed by atoms with van der Waals surface area (Å²) in [6.45, 7) is 2.04. The van der Waals surface area contributed by atoms with Crippen LogP contribution in [0.5, 0.6) is 5.75 Å². The zero-order valence-corrected chi connectivity index (χ0v) is 13.9. The molecule has 1 fully saturated rings. The van der Waals surface area contributed by atoms with Crippen LogP contribution in [-0.4, -0.2) is 35.0 Å². The fourth-order valence-electron chi connectivity index (χ4n) is 3.19. The summed E-state index contributed by atoms with van der Waals surface area (Å²) >= 11 is 0. The molecule has 1 atom stereocenters. The number of carbonyl (C=O) groups is 1. The molecule has 25 heavy (non-hydrogen) atoms. The Bertz CT molecular complexity index is 766. The van der Waals surface area contributed by atoms with E-state index in [9.17, 15) is 14.3 Å². The average Bonchev–Trinajstić information content (AvgIpc) is 2.59. The summed E-state index contributed by atoms with van der Waals surface area (Å²) in [4.78, 5) is 14.6. The minimum absolute atomic E-state index is 0.00386. The minimum atomic E-state index is -0.300. The van der Waals surface area contributed by atoms with Gasteiger partial charge >= 0.3 is 0 Å². The number of amides is 1. The molecule has 132 valence electrons. The number of nitrogens with two attached hydrogens (primary N) is 1. The number of carbonyl (C=O) groups excluding carboxylic acids is 1. The maximum absolute atomic E-state index is 13.8. The predicted molar refractivity (Wildman–Crippen MR) is 94.7 cm³/mol. The lowest BCUT2D eigenvalue weighted by Crippen LogP contribution is -2.47. The number of rotatable bonds is 4. The zero-order chi connectivity index (χ0) is 17.8. The van der Waals surface area contributed by atoms with Crippen LogP contribution in [-0.2, 0) is 6.54 Å². The van der Waals surface area contributed by atoms with Crippen LogP contribution in [0.3, 0.4) is 0 Å². The first kappa shape index (κ1) is 17.2. The molecular formula is C19H22FN3O2. The monoisotopic (exact) mass is 343 g/mol. The molecule has 0 saturated carbocycles. The number of phenolic OH excluding ortho intramolecular Hbond substituents is 1. The second-order valence-corrected chi connectivity index (χ2v) is 6.41. The van der Waals surface area contributed by atoms with Gasteiger partial charge in [0.25, 0.3) is 5.91 Å². The number of nitrogens with zero attached hydrogens (tertiary/aromatic N) is 1. The minimum Gasteiger partial charge on any atom is -0.508 e. The van der Waals surface area contributed by atoms with Crippen molar-refractivity contribution < 1.29 is 14.3 Å². The molecule has 0 aliphatic carbocycles. The highest BCUT2D eigenvalue weighted by Crippen LogP contribution is 2.20. The molecule has 0 bridgehead atoms. The SMILES string of the molecule is Nc1ccc(O)cc1C(=O)N[C@@H]1CCCN(Cc2ccccc2F)C1. The van der Waals surface area contributed by atoms with Crippen molar-refractivity contribution in [3.63, 3.8) is 0 Å². The van der Waals surface area contributed by atoms with Crippen LogP contribution < -0.4 is 11.1 Å². The number of halogens is 1. The molecule has 6 heteroatoms. The van der Waals surface area contributed by atoms with Crippen molar-refractivity contribution >= 4 is 11.6 Å². The highest BCUT2D eigenvalue weighted by atomic mass is 19.1. The summed E-state index contributed by atoms with van der Waals surface area (Å²) in [5.41, 5.74) is 7.07. The van der Waals surface area contributed by atoms with E-state index < -0.39 is 0 Å². The Labute approximate surface area is 146 Å². The molecule has 1 amide bonds. The molecule has 3 rings (SSSR count). The molecule has 2 aromatic carbocycles. The number of benzene rings is 2. The number of anilines is 1. The van der Waals surface area contributed by atoms with Gasteiger partial charge in [0, 0.05) is 30.4 Å². The third-order valence-corrected chi connectivity index (χ3v) is 4.47. The predicted octanol–water partition coefficient (Wildman–Crippen LogP) is 2.51. The van der Waals surface area contributed by atoms with Crippen molar-refractivity contribution in [2.45, 2.75) is 25.4 Å².